The van der Waals surface area contributed by atoms with Gasteiger partial charge in [-0.1, -0.05) is 108 Å². The third-order valence-electron chi connectivity index (χ3n) is 7.69. The van der Waals surface area contributed by atoms with Gasteiger partial charge in [0.1, 0.15) is 16.9 Å². The van der Waals surface area contributed by atoms with Crippen molar-refractivity contribution < 1.29 is 17.7 Å². The fourth-order valence-corrected chi connectivity index (χ4v) is 6.66. The highest BCUT2D eigenvalue weighted by Gasteiger charge is 2.26. The Bertz CT molecular complexity index is 1710. The molecule has 0 aliphatic carbocycles. The zero-order valence-electron chi connectivity index (χ0n) is 26.2. The van der Waals surface area contributed by atoms with Crippen LogP contribution in [0.5, 0.6) is 5.75 Å². The van der Waals surface area contributed by atoms with E-state index in [1.54, 1.807) is 7.11 Å². The molecule has 0 radical (unpaired) electrons. The molecule has 5 aromatic rings. The third-order valence-corrected chi connectivity index (χ3v) is 8.78. The van der Waals surface area contributed by atoms with Gasteiger partial charge in [-0.3, -0.25) is 4.52 Å². The van der Waals surface area contributed by atoms with Gasteiger partial charge in [-0.25, -0.2) is 0 Å². The second kappa shape index (κ2) is 12.0. The van der Waals surface area contributed by atoms with Crippen LogP contribution in [0.15, 0.2) is 93.3 Å². The number of rotatable bonds is 7. The number of fused-ring (bicyclic) bond motifs is 3. The number of methoxy groups -OCH3 is 1. The Labute approximate surface area is 251 Å². The summed E-state index contributed by atoms with van der Waals surface area (Å²) in [5.74, 6) is 0.796. The van der Waals surface area contributed by atoms with E-state index in [-0.39, 0.29) is 16.9 Å². The molecule has 0 saturated heterocycles. The molecule has 0 amide bonds. The lowest BCUT2D eigenvalue weighted by Crippen LogP contribution is -2.12. The number of benzene rings is 4. The summed E-state index contributed by atoms with van der Waals surface area (Å²) in [6.07, 6.45) is 1.48. The average molecular weight is 583 g/mol. The van der Waals surface area contributed by atoms with E-state index in [2.05, 4.69) is 127 Å². The Morgan fingerprint density at radius 2 is 1.26 bits per heavy atom. The monoisotopic (exact) mass is 582 g/mol. The van der Waals surface area contributed by atoms with Crippen LogP contribution in [0.2, 0.25) is 0 Å². The maximum absolute atomic E-state index is 6.90. The molecule has 42 heavy (non-hydrogen) atoms. The lowest BCUT2D eigenvalue weighted by Gasteiger charge is -2.21. The molecule has 5 rings (SSSR count). The van der Waals surface area contributed by atoms with Crippen LogP contribution in [0.1, 0.15) is 81.9 Å². The van der Waals surface area contributed by atoms with Crippen LogP contribution in [0.25, 0.3) is 21.9 Å². The summed E-state index contributed by atoms with van der Waals surface area (Å²) in [6, 6.07) is 29.5. The van der Waals surface area contributed by atoms with Crippen molar-refractivity contribution in [2.75, 3.05) is 7.11 Å². The molecule has 4 aromatic carbocycles. The van der Waals surface area contributed by atoms with Crippen LogP contribution in [-0.4, -0.2) is 7.11 Å². The van der Waals surface area contributed by atoms with Crippen molar-refractivity contribution in [1.82, 2.24) is 0 Å². The van der Waals surface area contributed by atoms with E-state index < -0.39 is 8.24 Å². The van der Waals surface area contributed by atoms with E-state index in [1.807, 2.05) is 6.07 Å². The maximum atomic E-state index is 6.90. The van der Waals surface area contributed by atoms with Gasteiger partial charge in [0.25, 0.3) is 0 Å². The molecule has 220 valence electrons. The van der Waals surface area contributed by atoms with Crippen LogP contribution in [0.4, 0.5) is 0 Å². The molecule has 1 aromatic heterocycles. The van der Waals surface area contributed by atoms with E-state index in [1.165, 1.54) is 11.1 Å². The first-order valence-electron chi connectivity index (χ1n) is 14.7. The summed E-state index contributed by atoms with van der Waals surface area (Å²) in [7, 11) is -0.0906. The van der Waals surface area contributed by atoms with Crippen molar-refractivity contribution in [1.29, 1.82) is 0 Å². The normalized spacial score (nSPS) is 13.4. The molecule has 0 bridgehead atoms. The quantitative estimate of drug-likeness (QED) is 0.191. The molecule has 1 heterocycles. The lowest BCUT2D eigenvalue weighted by molar-refractivity contribution is 0.250. The topological polar surface area (TPSA) is 44.7 Å². The highest BCUT2D eigenvalue weighted by molar-refractivity contribution is 7.31. The fraction of sp³-hybridized carbons (Fsp3) is 0.351. The minimum Gasteiger partial charge on any atom is -0.497 e. The van der Waals surface area contributed by atoms with Crippen LogP contribution in [0, 0.1) is 6.92 Å². The first kappa shape index (κ1) is 30.0. The molecule has 0 fully saturated rings. The van der Waals surface area contributed by atoms with Gasteiger partial charge in [-0.05, 0) is 65.5 Å². The standard InChI is InChI=1S/C37H43O4P/c1-25-21-29-30-23-28(38-8)24-32(37(5,6)7)35(30)41-42(40-34(29)31(22-25)36(2,3)4)39-33(27-17-13-10-14-18-27)20-19-26-15-11-9-12-16-26/h9-18,21-24,33H,19-20H2,1-8H3/t33-,42?/m0/s1. The molecule has 0 saturated carbocycles. The summed E-state index contributed by atoms with van der Waals surface area (Å²) in [5.41, 5.74) is 7.01. The number of hydrogen-bond donors (Lipinski definition) is 0. The Morgan fingerprint density at radius 1 is 0.714 bits per heavy atom. The van der Waals surface area contributed by atoms with Gasteiger partial charge < -0.3 is 13.1 Å². The van der Waals surface area contributed by atoms with Gasteiger partial charge in [0.15, 0.2) is 0 Å². The predicted octanol–water partition coefficient (Wildman–Crippen LogP) is 11.0. The Kier molecular flexibility index (Phi) is 8.60. The Morgan fingerprint density at radius 3 is 1.83 bits per heavy atom. The second-order valence-corrected chi connectivity index (χ2v) is 14.2. The van der Waals surface area contributed by atoms with Gasteiger partial charge in [0.2, 0.25) is 0 Å². The zero-order valence-corrected chi connectivity index (χ0v) is 27.0. The van der Waals surface area contributed by atoms with Crippen LogP contribution >= 0.6 is 8.24 Å². The van der Waals surface area contributed by atoms with Crippen molar-refractivity contribution >= 4 is 30.2 Å². The largest absolute Gasteiger partial charge is 0.497 e. The summed E-state index contributed by atoms with van der Waals surface area (Å²) < 4.78 is 26.5. The second-order valence-electron chi connectivity index (χ2n) is 13.2. The van der Waals surface area contributed by atoms with Crippen LogP contribution in [-0.2, 0) is 17.3 Å². The molecule has 5 heteroatoms. The van der Waals surface area contributed by atoms with Crippen molar-refractivity contribution in [2.45, 2.75) is 78.2 Å². The summed E-state index contributed by atoms with van der Waals surface area (Å²) in [6.45, 7) is 15.4. The highest BCUT2D eigenvalue weighted by Crippen LogP contribution is 2.45. The molecule has 0 aliphatic rings. The van der Waals surface area contributed by atoms with E-state index in [0.717, 1.165) is 57.2 Å². The summed E-state index contributed by atoms with van der Waals surface area (Å²) >= 11 is 0. The number of aryl methyl sites for hydroxylation is 2. The first-order chi connectivity index (χ1) is 19.9. The Hall–Kier alpha value is -3.46. The van der Waals surface area contributed by atoms with E-state index in [4.69, 9.17) is 17.7 Å². The first-order valence-corrected chi connectivity index (χ1v) is 15.8. The highest BCUT2D eigenvalue weighted by atomic mass is 31.1. The van der Waals surface area contributed by atoms with Gasteiger partial charge >= 0.3 is 8.24 Å². The molecular formula is C37H43O4P. The van der Waals surface area contributed by atoms with Crippen LogP contribution < -0.4 is 9.26 Å². The molecule has 0 N–H and O–H groups in total. The van der Waals surface area contributed by atoms with Crippen molar-refractivity contribution in [3.05, 3.63) is 113 Å². The molecule has 4 nitrogen and oxygen atoms in total. The molecule has 0 aliphatic heterocycles. The van der Waals surface area contributed by atoms with Gasteiger partial charge in [0.05, 0.1) is 13.2 Å². The SMILES string of the molecule is COc1cc(C(C)(C)C)c2op(O[C@@H](CCc3ccccc3)c3ccccc3)oc3c(C(C)(C)C)cc(C)cc3c2c1. The predicted molar refractivity (Wildman–Crippen MR) is 176 cm³/mol. The third kappa shape index (κ3) is 6.61. The van der Waals surface area contributed by atoms with E-state index in [9.17, 15) is 0 Å². The van der Waals surface area contributed by atoms with Gasteiger partial charge in [0, 0.05) is 21.9 Å². The minimum absolute atomic E-state index is 0.153. The summed E-state index contributed by atoms with van der Waals surface area (Å²) in [5, 5.41) is 1.98. The average Bonchev–Trinajstić information content (AvgIpc) is 3.10. The van der Waals surface area contributed by atoms with Crippen molar-refractivity contribution in [3.63, 3.8) is 0 Å². The molecular weight excluding hydrogens is 539 g/mol. The van der Waals surface area contributed by atoms with Crippen LogP contribution in [0.3, 0.4) is 0 Å². The smallest absolute Gasteiger partial charge is 0.388 e. The van der Waals surface area contributed by atoms with Gasteiger partial charge in [-0.2, -0.15) is 0 Å². The summed E-state index contributed by atoms with van der Waals surface area (Å²) in [4.78, 5) is 0. The van der Waals surface area contributed by atoms with Gasteiger partial charge in [-0.15, -0.1) is 0 Å². The van der Waals surface area contributed by atoms with E-state index in [0.29, 0.717) is 0 Å². The minimum atomic E-state index is -1.81. The Balaban J connectivity index is 1.79. The number of ether oxygens (including phenoxy) is 1. The van der Waals surface area contributed by atoms with Crippen molar-refractivity contribution in [3.8, 4) is 5.75 Å². The molecule has 2 atom stereocenters. The lowest BCUT2D eigenvalue weighted by atomic mass is 9.83. The van der Waals surface area contributed by atoms with Crippen molar-refractivity contribution in [2.24, 2.45) is 0 Å². The fourth-order valence-electron chi connectivity index (χ4n) is 5.41. The molecule has 0 spiro atoms. The van der Waals surface area contributed by atoms with E-state index >= 15 is 0 Å². The zero-order chi connectivity index (χ0) is 30.1. The number of hydrogen-bond acceptors (Lipinski definition) is 4. The molecule has 1 unspecified atom stereocenters. The maximum Gasteiger partial charge on any atom is 0.388 e.